The van der Waals surface area contributed by atoms with Crippen molar-refractivity contribution in [2.75, 3.05) is 52.4 Å². The molecular weight excluding hydrogens is 536 g/mol. The molecule has 13 nitrogen and oxygen atoms in total. The van der Waals surface area contributed by atoms with Gasteiger partial charge in [0.2, 0.25) is 17.7 Å². The summed E-state index contributed by atoms with van der Waals surface area (Å²) in [7, 11) is 0. The highest BCUT2D eigenvalue weighted by Gasteiger charge is 2.14. The van der Waals surface area contributed by atoms with Crippen molar-refractivity contribution in [3.63, 3.8) is 0 Å². The third-order valence-corrected chi connectivity index (χ3v) is 6.64. The first kappa shape index (κ1) is 38.9. The molecule has 0 aromatic rings. The molecule has 0 aliphatic rings. The van der Waals surface area contributed by atoms with Crippen LogP contribution in [0.2, 0.25) is 0 Å². The van der Waals surface area contributed by atoms with E-state index in [0.29, 0.717) is 58.5 Å². The number of hydrogen-bond donors (Lipinski definition) is 7. The van der Waals surface area contributed by atoms with E-state index in [2.05, 4.69) is 32.9 Å². The van der Waals surface area contributed by atoms with Gasteiger partial charge in [-0.2, -0.15) is 0 Å². The molecule has 0 aliphatic heterocycles. The fourth-order valence-electron chi connectivity index (χ4n) is 4.28. The van der Waals surface area contributed by atoms with E-state index in [-0.39, 0.29) is 42.5 Å². The van der Waals surface area contributed by atoms with Gasteiger partial charge in [-0.1, -0.05) is 51.9 Å². The summed E-state index contributed by atoms with van der Waals surface area (Å²) in [5.74, 6) is -0.0852. The number of nitrogens with two attached hydrogens (primary N) is 4. The molecule has 0 bridgehead atoms. The molecule has 244 valence electrons. The molecule has 42 heavy (non-hydrogen) atoms. The number of amides is 3. The van der Waals surface area contributed by atoms with Crippen LogP contribution >= 0.6 is 0 Å². The highest BCUT2D eigenvalue weighted by molar-refractivity contribution is 5.83. The van der Waals surface area contributed by atoms with E-state index in [4.69, 9.17) is 22.9 Å². The SMILES string of the molecule is CCCCCCCCCCC(=O)NCCCNCCCNC(=O)CCC(=O)N(CCCN=C(N)N)CCCN=C(N)N. The molecule has 0 aromatic heterocycles. The normalized spacial score (nSPS) is 10.6. The average Bonchev–Trinajstić information content (AvgIpc) is 2.95. The molecule has 0 spiro atoms. The zero-order chi connectivity index (χ0) is 31.3. The monoisotopic (exact) mass is 596 g/mol. The van der Waals surface area contributed by atoms with Crippen molar-refractivity contribution in [1.29, 1.82) is 0 Å². The van der Waals surface area contributed by atoms with Crippen molar-refractivity contribution < 1.29 is 14.4 Å². The van der Waals surface area contributed by atoms with Gasteiger partial charge in [-0.25, -0.2) is 0 Å². The molecule has 0 saturated carbocycles. The number of nitrogens with zero attached hydrogens (tertiary/aromatic N) is 3. The van der Waals surface area contributed by atoms with Crippen molar-refractivity contribution in [2.45, 2.75) is 103 Å². The number of hydrogen-bond acceptors (Lipinski definition) is 6. The molecule has 0 fully saturated rings. The minimum absolute atomic E-state index is 0.0144. The van der Waals surface area contributed by atoms with E-state index in [1.165, 1.54) is 38.5 Å². The van der Waals surface area contributed by atoms with Crippen LogP contribution in [-0.2, 0) is 14.4 Å². The first-order chi connectivity index (χ1) is 20.3. The molecular formula is C29H60N10O3. The minimum Gasteiger partial charge on any atom is -0.370 e. The van der Waals surface area contributed by atoms with Crippen molar-refractivity contribution >= 4 is 29.6 Å². The van der Waals surface area contributed by atoms with Crippen LogP contribution in [0.4, 0.5) is 0 Å². The number of carbonyl (C=O) groups excluding carboxylic acids is 3. The second-order valence-electron chi connectivity index (χ2n) is 10.6. The lowest BCUT2D eigenvalue weighted by Crippen LogP contribution is -2.35. The topological polar surface area (TPSA) is 219 Å². The maximum absolute atomic E-state index is 12.7. The maximum Gasteiger partial charge on any atom is 0.223 e. The molecule has 0 aromatic carbocycles. The van der Waals surface area contributed by atoms with Crippen LogP contribution in [0, 0.1) is 0 Å². The van der Waals surface area contributed by atoms with Crippen molar-refractivity contribution in [1.82, 2.24) is 20.9 Å². The molecule has 0 atom stereocenters. The van der Waals surface area contributed by atoms with Crippen LogP contribution in [0.1, 0.15) is 103 Å². The summed E-state index contributed by atoms with van der Waals surface area (Å²) in [5.41, 5.74) is 21.4. The quantitative estimate of drug-likeness (QED) is 0.0392. The third-order valence-electron chi connectivity index (χ3n) is 6.64. The summed E-state index contributed by atoms with van der Waals surface area (Å²) >= 11 is 0. The Labute approximate surface area is 253 Å². The lowest BCUT2D eigenvalue weighted by atomic mass is 10.1. The van der Waals surface area contributed by atoms with E-state index in [9.17, 15) is 14.4 Å². The van der Waals surface area contributed by atoms with Crippen molar-refractivity contribution in [3.05, 3.63) is 0 Å². The molecule has 0 radical (unpaired) electrons. The maximum atomic E-state index is 12.7. The molecule has 3 amide bonds. The van der Waals surface area contributed by atoms with Crippen LogP contribution < -0.4 is 38.9 Å². The molecule has 0 aliphatic carbocycles. The Morgan fingerprint density at radius 3 is 1.55 bits per heavy atom. The Balaban J connectivity index is 3.87. The Morgan fingerprint density at radius 1 is 0.571 bits per heavy atom. The standard InChI is InChI=1S/C29H60N10O3/c1-2-3-4-5-6-7-8-9-14-25(40)35-19-10-17-34-18-11-20-36-26(41)15-16-27(42)39(23-12-21-37-28(30)31)24-13-22-38-29(32)33/h34H,2-24H2,1H3,(H,35,40)(H,36,41)(H4,30,31,37)(H4,32,33,38). The van der Waals surface area contributed by atoms with Crippen molar-refractivity contribution in [3.8, 4) is 0 Å². The van der Waals surface area contributed by atoms with E-state index in [1.807, 2.05) is 0 Å². The molecule has 11 N–H and O–H groups in total. The van der Waals surface area contributed by atoms with Crippen LogP contribution in [0.25, 0.3) is 0 Å². The molecule has 0 unspecified atom stereocenters. The number of unbranched alkanes of at least 4 members (excludes halogenated alkanes) is 7. The number of nitrogens with one attached hydrogen (secondary N) is 3. The molecule has 0 rings (SSSR count). The van der Waals surface area contributed by atoms with Gasteiger partial charge in [0.1, 0.15) is 0 Å². The second-order valence-corrected chi connectivity index (χ2v) is 10.6. The number of guanidine groups is 2. The number of rotatable bonds is 28. The molecule has 0 saturated heterocycles. The Hall–Kier alpha value is -3.09. The van der Waals surface area contributed by atoms with Crippen molar-refractivity contribution in [2.24, 2.45) is 32.9 Å². The smallest absolute Gasteiger partial charge is 0.223 e. The molecule has 0 heterocycles. The summed E-state index contributed by atoms with van der Waals surface area (Å²) in [6.07, 6.45) is 13.6. The summed E-state index contributed by atoms with van der Waals surface area (Å²) in [6.45, 7) is 6.81. The van der Waals surface area contributed by atoms with Gasteiger partial charge >= 0.3 is 0 Å². The second kappa shape index (κ2) is 28.0. The van der Waals surface area contributed by atoms with Gasteiger partial charge in [-0.05, 0) is 45.2 Å². The van der Waals surface area contributed by atoms with E-state index in [1.54, 1.807) is 4.90 Å². The van der Waals surface area contributed by atoms with Gasteiger partial charge in [-0.15, -0.1) is 0 Å². The predicted molar refractivity (Wildman–Crippen MR) is 172 cm³/mol. The van der Waals surface area contributed by atoms with Gasteiger partial charge in [0.05, 0.1) is 0 Å². The summed E-state index contributed by atoms with van der Waals surface area (Å²) in [5, 5.41) is 9.18. The van der Waals surface area contributed by atoms with Gasteiger partial charge in [0, 0.05) is 58.5 Å². The zero-order valence-corrected chi connectivity index (χ0v) is 26.1. The first-order valence-electron chi connectivity index (χ1n) is 15.9. The van der Waals surface area contributed by atoms with Gasteiger partial charge in [-0.3, -0.25) is 24.4 Å². The molecule has 13 heteroatoms. The van der Waals surface area contributed by atoms with E-state index in [0.717, 1.165) is 38.8 Å². The number of aliphatic imine (C=N–C) groups is 2. The van der Waals surface area contributed by atoms with Gasteiger partial charge in [0.25, 0.3) is 0 Å². The van der Waals surface area contributed by atoms with Crippen LogP contribution in [0.3, 0.4) is 0 Å². The third kappa shape index (κ3) is 27.1. The van der Waals surface area contributed by atoms with Crippen LogP contribution in [0.5, 0.6) is 0 Å². The Morgan fingerprint density at radius 2 is 1.05 bits per heavy atom. The van der Waals surface area contributed by atoms with Gasteiger partial charge in [0.15, 0.2) is 11.9 Å². The average molecular weight is 597 g/mol. The summed E-state index contributed by atoms with van der Waals surface area (Å²) < 4.78 is 0. The highest BCUT2D eigenvalue weighted by atomic mass is 16.2. The van der Waals surface area contributed by atoms with Crippen LogP contribution in [-0.4, -0.2) is 86.9 Å². The predicted octanol–water partition coefficient (Wildman–Crippen LogP) is 1.06. The Bertz CT molecular complexity index is 745. The summed E-state index contributed by atoms with van der Waals surface area (Å²) in [6, 6.07) is 0. The fraction of sp³-hybridized carbons (Fsp3) is 0.828. The zero-order valence-electron chi connectivity index (χ0n) is 26.1. The van der Waals surface area contributed by atoms with E-state index < -0.39 is 0 Å². The van der Waals surface area contributed by atoms with Gasteiger partial charge < -0.3 is 43.8 Å². The Kier molecular flexibility index (Phi) is 26.0. The highest BCUT2D eigenvalue weighted by Crippen LogP contribution is 2.09. The van der Waals surface area contributed by atoms with E-state index >= 15 is 0 Å². The summed E-state index contributed by atoms with van der Waals surface area (Å²) in [4.78, 5) is 46.4. The largest absolute Gasteiger partial charge is 0.370 e. The first-order valence-corrected chi connectivity index (χ1v) is 15.9. The number of carbonyl (C=O) groups is 3. The van der Waals surface area contributed by atoms with Crippen LogP contribution in [0.15, 0.2) is 9.98 Å². The lowest BCUT2D eigenvalue weighted by Gasteiger charge is -2.22. The lowest BCUT2D eigenvalue weighted by molar-refractivity contribution is -0.133. The fourth-order valence-corrected chi connectivity index (χ4v) is 4.28. The minimum atomic E-state index is -0.150.